The number of aryl methyl sites for hydroxylation is 1. The van der Waals surface area contributed by atoms with Crippen LogP contribution in [0, 0.1) is 0 Å². The van der Waals surface area contributed by atoms with Crippen molar-refractivity contribution in [2.24, 2.45) is 0 Å². The molecule has 1 aromatic rings. The highest BCUT2D eigenvalue weighted by molar-refractivity contribution is 8.93. The van der Waals surface area contributed by atoms with Gasteiger partial charge in [0.15, 0.2) is 0 Å². The molecule has 0 saturated carbocycles. The lowest BCUT2D eigenvalue weighted by molar-refractivity contribution is -0.138. The fourth-order valence-electron chi connectivity index (χ4n) is 2.47. The van der Waals surface area contributed by atoms with Gasteiger partial charge in [0.05, 0.1) is 23.1 Å². The van der Waals surface area contributed by atoms with Gasteiger partial charge >= 0.3 is 6.18 Å². The molecule has 1 heterocycles. The summed E-state index contributed by atoms with van der Waals surface area (Å²) in [7, 11) is 0. The topological polar surface area (TPSA) is 15.3 Å². The SMILES string of the molecule is Br.C=CCN1c2cc(C(F)(F)F)c(CCCl)cc2NC1C. The summed E-state index contributed by atoms with van der Waals surface area (Å²) in [5.74, 6) is 0.161. The molecule has 1 aliphatic rings. The lowest BCUT2D eigenvalue weighted by Gasteiger charge is -2.23. The molecule has 2 rings (SSSR count). The number of rotatable bonds is 4. The Morgan fingerprint density at radius 3 is 2.62 bits per heavy atom. The van der Waals surface area contributed by atoms with Gasteiger partial charge in [-0.3, -0.25) is 0 Å². The standard InChI is InChI=1S/C14H16ClF3N2.BrH/c1-3-6-20-9(2)19-12-7-10(4-5-15)11(8-13(12)20)14(16,17)18;/h3,7-9,19H,1,4-6H2,2H3;1H. The summed E-state index contributed by atoms with van der Waals surface area (Å²) in [6.07, 6.45) is -2.56. The number of alkyl halides is 4. The summed E-state index contributed by atoms with van der Waals surface area (Å²) < 4.78 is 39.4. The van der Waals surface area contributed by atoms with Gasteiger partial charge in [-0.15, -0.1) is 35.2 Å². The number of halogens is 5. The number of anilines is 2. The van der Waals surface area contributed by atoms with Crippen LogP contribution in [0.15, 0.2) is 24.8 Å². The van der Waals surface area contributed by atoms with Crippen molar-refractivity contribution in [3.8, 4) is 0 Å². The van der Waals surface area contributed by atoms with Crippen LogP contribution in [-0.2, 0) is 12.6 Å². The number of nitrogens with zero attached hydrogens (tertiary/aromatic N) is 1. The molecule has 0 aromatic heterocycles. The third-order valence-electron chi connectivity index (χ3n) is 3.36. The van der Waals surface area contributed by atoms with E-state index in [4.69, 9.17) is 11.6 Å². The van der Waals surface area contributed by atoms with Crippen molar-refractivity contribution in [2.75, 3.05) is 22.6 Å². The molecular weight excluding hydrogens is 369 g/mol. The molecule has 0 spiro atoms. The van der Waals surface area contributed by atoms with E-state index in [0.717, 1.165) is 0 Å². The molecule has 0 radical (unpaired) electrons. The Morgan fingerprint density at radius 1 is 1.43 bits per heavy atom. The molecule has 118 valence electrons. The maximum Gasteiger partial charge on any atom is 0.416 e. The fourth-order valence-corrected chi connectivity index (χ4v) is 2.67. The van der Waals surface area contributed by atoms with E-state index in [-0.39, 0.29) is 41.0 Å². The van der Waals surface area contributed by atoms with Crippen LogP contribution in [0.2, 0.25) is 0 Å². The summed E-state index contributed by atoms with van der Waals surface area (Å²) in [4.78, 5) is 1.85. The normalized spacial score (nSPS) is 17.0. The van der Waals surface area contributed by atoms with Crippen molar-refractivity contribution in [1.29, 1.82) is 0 Å². The maximum atomic E-state index is 13.1. The lowest BCUT2D eigenvalue weighted by atomic mass is 10.0. The minimum atomic E-state index is -4.37. The molecule has 1 N–H and O–H groups in total. The number of hydrogen-bond acceptors (Lipinski definition) is 2. The first-order chi connectivity index (χ1) is 9.38. The van der Waals surface area contributed by atoms with Crippen LogP contribution in [0.5, 0.6) is 0 Å². The molecule has 0 amide bonds. The third kappa shape index (κ3) is 3.66. The van der Waals surface area contributed by atoms with E-state index in [1.165, 1.54) is 6.07 Å². The molecule has 1 aromatic carbocycles. The molecule has 0 aliphatic carbocycles. The zero-order valence-corrected chi connectivity index (χ0v) is 14.0. The Morgan fingerprint density at radius 2 is 2.10 bits per heavy atom. The van der Waals surface area contributed by atoms with Crippen LogP contribution in [-0.4, -0.2) is 18.6 Å². The van der Waals surface area contributed by atoms with E-state index in [2.05, 4.69) is 11.9 Å². The van der Waals surface area contributed by atoms with Crippen molar-refractivity contribution < 1.29 is 13.2 Å². The smallest absolute Gasteiger partial charge is 0.364 e. The highest BCUT2D eigenvalue weighted by Gasteiger charge is 2.36. The molecule has 7 heteroatoms. The van der Waals surface area contributed by atoms with Crippen LogP contribution in [0.3, 0.4) is 0 Å². The maximum absolute atomic E-state index is 13.1. The minimum Gasteiger partial charge on any atom is -0.364 e. The molecule has 1 unspecified atom stereocenters. The Kier molecular flexibility index (Phi) is 5.99. The van der Waals surface area contributed by atoms with Crippen molar-refractivity contribution in [3.63, 3.8) is 0 Å². The van der Waals surface area contributed by atoms with Crippen LogP contribution in [0.25, 0.3) is 0 Å². The highest BCUT2D eigenvalue weighted by Crippen LogP contribution is 2.42. The molecule has 0 fully saturated rings. The number of hydrogen-bond donors (Lipinski definition) is 1. The molecule has 0 saturated heterocycles. The van der Waals surface area contributed by atoms with Crippen LogP contribution in [0.1, 0.15) is 18.1 Å². The van der Waals surface area contributed by atoms with Gasteiger partial charge in [-0.05, 0) is 31.0 Å². The quantitative estimate of drug-likeness (QED) is 0.590. The number of benzene rings is 1. The molecule has 1 aliphatic heterocycles. The summed E-state index contributed by atoms with van der Waals surface area (Å²) in [5, 5.41) is 3.18. The fraction of sp³-hybridized carbons (Fsp3) is 0.429. The van der Waals surface area contributed by atoms with E-state index >= 15 is 0 Å². The monoisotopic (exact) mass is 384 g/mol. The zero-order valence-electron chi connectivity index (χ0n) is 11.5. The van der Waals surface area contributed by atoms with Gasteiger partial charge in [-0.1, -0.05) is 6.08 Å². The Labute approximate surface area is 137 Å². The Bertz CT molecular complexity index is 520. The number of fused-ring (bicyclic) bond motifs is 1. The average molecular weight is 386 g/mol. The summed E-state index contributed by atoms with van der Waals surface area (Å²) in [5.41, 5.74) is 0.892. The van der Waals surface area contributed by atoms with Gasteiger partial charge in [-0.25, -0.2) is 0 Å². The van der Waals surface area contributed by atoms with Gasteiger partial charge in [0.2, 0.25) is 0 Å². The van der Waals surface area contributed by atoms with E-state index in [9.17, 15) is 13.2 Å². The largest absolute Gasteiger partial charge is 0.416 e. The number of nitrogens with one attached hydrogen (secondary N) is 1. The Hall–Kier alpha value is -0.880. The van der Waals surface area contributed by atoms with Gasteiger partial charge < -0.3 is 10.2 Å². The third-order valence-corrected chi connectivity index (χ3v) is 3.55. The van der Waals surface area contributed by atoms with Gasteiger partial charge in [0.25, 0.3) is 0 Å². The van der Waals surface area contributed by atoms with Crippen molar-refractivity contribution in [1.82, 2.24) is 0 Å². The second-order valence-corrected chi connectivity index (χ2v) is 5.10. The van der Waals surface area contributed by atoms with Crippen molar-refractivity contribution >= 4 is 40.0 Å². The van der Waals surface area contributed by atoms with Crippen molar-refractivity contribution in [2.45, 2.75) is 25.7 Å². The van der Waals surface area contributed by atoms with E-state index in [1.54, 1.807) is 12.1 Å². The Balaban J connectivity index is 0.00000220. The van der Waals surface area contributed by atoms with Crippen LogP contribution in [0.4, 0.5) is 24.5 Å². The average Bonchev–Trinajstić information content (AvgIpc) is 2.64. The van der Waals surface area contributed by atoms with Gasteiger partial charge in [0, 0.05) is 12.4 Å². The zero-order chi connectivity index (χ0) is 14.9. The molecular formula is C14H17BrClF3N2. The summed E-state index contributed by atoms with van der Waals surface area (Å²) in [6, 6.07) is 2.76. The van der Waals surface area contributed by atoms with Crippen molar-refractivity contribution in [3.05, 3.63) is 35.9 Å². The predicted molar refractivity (Wildman–Crippen MR) is 86.8 cm³/mol. The van der Waals surface area contributed by atoms with Gasteiger partial charge in [-0.2, -0.15) is 13.2 Å². The molecule has 21 heavy (non-hydrogen) atoms. The highest BCUT2D eigenvalue weighted by atomic mass is 79.9. The minimum absolute atomic E-state index is 0. The predicted octanol–water partition coefficient (Wildman–Crippen LogP) is 4.83. The van der Waals surface area contributed by atoms with Gasteiger partial charge in [0.1, 0.15) is 0 Å². The molecule has 2 nitrogen and oxygen atoms in total. The first-order valence-corrected chi connectivity index (χ1v) is 6.86. The summed E-state index contributed by atoms with van der Waals surface area (Å²) in [6.45, 7) is 6.03. The summed E-state index contributed by atoms with van der Waals surface area (Å²) >= 11 is 5.60. The van der Waals surface area contributed by atoms with E-state index in [1.807, 2.05) is 11.8 Å². The van der Waals surface area contributed by atoms with E-state index < -0.39 is 11.7 Å². The van der Waals surface area contributed by atoms with Crippen LogP contribution < -0.4 is 10.2 Å². The molecule has 1 atom stereocenters. The first kappa shape index (κ1) is 18.2. The van der Waals surface area contributed by atoms with E-state index in [0.29, 0.717) is 17.9 Å². The van der Waals surface area contributed by atoms with Crippen LogP contribution >= 0.6 is 28.6 Å². The second-order valence-electron chi connectivity index (χ2n) is 4.72. The second kappa shape index (κ2) is 6.92. The molecule has 0 bridgehead atoms. The first-order valence-electron chi connectivity index (χ1n) is 6.32. The lowest BCUT2D eigenvalue weighted by Crippen LogP contribution is -2.32.